The van der Waals surface area contributed by atoms with Crippen molar-refractivity contribution in [2.75, 3.05) is 11.4 Å². The van der Waals surface area contributed by atoms with Crippen molar-refractivity contribution in [3.05, 3.63) is 134 Å². The van der Waals surface area contributed by atoms with Crippen LogP contribution in [0.2, 0.25) is 0 Å². The predicted molar refractivity (Wildman–Crippen MR) is 234 cm³/mol. The maximum atomic E-state index is 12.3. The first kappa shape index (κ1) is 48.0. The van der Waals surface area contributed by atoms with Crippen LogP contribution in [0, 0.1) is 20.2 Å². The standard InChI is InChI=1S/C43H44N6O14S2/c1-42(2)33-24-31(64-63-62-57)16-17-35(33)46(27-28-21-29(48(53)54)23-30(22-28)49(55)56)37(42)14-10-7-5-6-9-13-36-43(3,4)34-25-32(65(58,59)60)26-44-41(34)45(36)20-12-8-11-15-40(52)61-47-38(50)18-19-39(47)51/h5-7,9-10,13-14,16-17,21-26H,8,11-12,15,18-20,27H2,1-4H3,(H-,57,58,59,60)/p+1. The van der Waals surface area contributed by atoms with Gasteiger partial charge in [-0.25, -0.2) is 15.0 Å². The highest BCUT2D eigenvalue weighted by Gasteiger charge is 2.45. The zero-order valence-electron chi connectivity index (χ0n) is 35.6. The summed E-state index contributed by atoms with van der Waals surface area (Å²) in [5, 5.41) is 36.4. The lowest BCUT2D eigenvalue weighted by Gasteiger charge is -2.26. The molecule has 342 valence electrons. The Morgan fingerprint density at radius 1 is 0.908 bits per heavy atom. The lowest BCUT2D eigenvalue weighted by Crippen LogP contribution is -2.32. The van der Waals surface area contributed by atoms with E-state index in [9.17, 15) is 47.6 Å². The molecule has 4 heterocycles. The first-order valence-electron chi connectivity index (χ1n) is 20.2. The van der Waals surface area contributed by atoms with Crippen LogP contribution in [-0.2, 0) is 56.1 Å². The molecule has 6 rings (SSSR count). The summed E-state index contributed by atoms with van der Waals surface area (Å²) >= 11 is 0.785. The number of fused-ring (bicyclic) bond motifs is 2. The van der Waals surface area contributed by atoms with Crippen LogP contribution in [0.25, 0.3) is 0 Å². The van der Waals surface area contributed by atoms with E-state index in [1.54, 1.807) is 30.4 Å². The van der Waals surface area contributed by atoms with Crippen LogP contribution in [0.1, 0.15) is 82.9 Å². The van der Waals surface area contributed by atoms with E-state index in [4.69, 9.17) is 10.1 Å². The van der Waals surface area contributed by atoms with Crippen molar-refractivity contribution in [3.63, 3.8) is 0 Å². The Balaban J connectivity index is 1.22. The Bertz CT molecular complexity index is 2660. The average Bonchev–Trinajstić information content (AvgIpc) is 3.76. The number of hydrogen-bond acceptors (Lipinski definition) is 16. The van der Waals surface area contributed by atoms with E-state index in [2.05, 4.69) is 14.4 Å². The number of nitro groups is 2. The minimum Gasteiger partial charge on any atom is -0.330 e. The molecule has 1 saturated heterocycles. The Labute approximate surface area is 377 Å². The number of allylic oxidation sites excluding steroid dienone is 8. The number of rotatable bonds is 19. The number of imide groups is 1. The lowest BCUT2D eigenvalue weighted by atomic mass is 9.81. The molecule has 0 aliphatic carbocycles. The summed E-state index contributed by atoms with van der Waals surface area (Å²) in [5.41, 5.74) is 1.82. The van der Waals surface area contributed by atoms with Crippen molar-refractivity contribution in [1.82, 2.24) is 10.0 Å². The van der Waals surface area contributed by atoms with Crippen LogP contribution in [0.3, 0.4) is 0 Å². The summed E-state index contributed by atoms with van der Waals surface area (Å²) in [6, 6.07) is 10.3. The highest BCUT2D eigenvalue weighted by atomic mass is 32.2. The van der Waals surface area contributed by atoms with Crippen molar-refractivity contribution in [2.24, 2.45) is 0 Å². The fourth-order valence-corrected chi connectivity index (χ4v) is 8.80. The molecular weight excluding hydrogens is 889 g/mol. The third-order valence-corrected chi connectivity index (χ3v) is 12.6. The number of nitrogens with zero attached hydrogens (tertiary/aromatic N) is 6. The van der Waals surface area contributed by atoms with Gasteiger partial charge in [-0.2, -0.15) is 13.0 Å². The monoisotopic (exact) mass is 933 g/mol. The molecule has 2 N–H and O–H groups in total. The summed E-state index contributed by atoms with van der Waals surface area (Å²) in [6.45, 7) is 8.26. The first-order valence-corrected chi connectivity index (χ1v) is 22.3. The fraction of sp³-hybridized carbons (Fsp3) is 0.326. The van der Waals surface area contributed by atoms with Crippen LogP contribution in [0.15, 0.2) is 107 Å². The number of carbonyl (C=O) groups excluding carboxylic acids is 3. The van der Waals surface area contributed by atoms with E-state index in [-0.39, 0.29) is 30.7 Å². The van der Waals surface area contributed by atoms with Crippen molar-refractivity contribution in [3.8, 4) is 0 Å². The fourth-order valence-electron chi connectivity index (χ4n) is 7.95. The van der Waals surface area contributed by atoms with Crippen molar-refractivity contribution >= 4 is 68.5 Å². The van der Waals surface area contributed by atoms with Gasteiger partial charge in [-0.05, 0) is 51.0 Å². The van der Waals surface area contributed by atoms with E-state index in [0.29, 0.717) is 52.7 Å². The van der Waals surface area contributed by atoms with E-state index in [1.165, 1.54) is 18.2 Å². The van der Waals surface area contributed by atoms with Crippen molar-refractivity contribution in [1.29, 1.82) is 0 Å². The third kappa shape index (κ3) is 10.8. The molecule has 0 spiro atoms. The predicted octanol–water partition coefficient (Wildman–Crippen LogP) is 7.67. The maximum absolute atomic E-state index is 12.3. The van der Waals surface area contributed by atoms with Gasteiger partial charge in [0.2, 0.25) is 5.69 Å². The zero-order chi connectivity index (χ0) is 47.3. The van der Waals surface area contributed by atoms with Crippen molar-refractivity contribution in [2.45, 2.75) is 93.4 Å². The van der Waals surface area contributed by atoms with Crippen LogP contribution in [0.5, 0.6) is 0 Å². The zero-order valence-corrected chi connectivity index (χ0v) is 37.2. The van der Waals surface area contributed by atoms with Crippen LogP contribution in [-0.4, -0.2) is 72.7 Å². The highest BCUT2D eigenvalue weighted by Crippen LogP contribution is 2.48. The minimum absolute atomic E-state index is 0.000262. The van der Waals surface area contributed by atoms with Gasteiger partial charge >= 0.3 is 5.97 Å². The number of pyridine rings is 1. The number of amides is 2. The topological polar surface area (TPSA) is 262 Å². The van der Waals surface area contributed by atoms with Gasteiger partial charge in [0.05, 0.1) is 39.6 Å². The largest absolute Gasteiger partial charge is 0.333 e. The molecule has 0 radical (unpaired) electrons. The Morgan fingerprint density at radius 2 is 1.57 bits per heavy atom. The van der Waals surface area contributed by atoms with Gasteiger partial charge < -0.3 is 9.74 Å². The molecule has 0 saturated carbocycles. The molecule has 0 atom stereocenters. The molecule has 20 nitrogen and oxygen atoms in total. The molecule has 22 heteroatoms. The molecule has 0 bridgehead atoms. The first-order chi connectivity index (χ1) is 30.7. The number of benzene rings is 2. The number of nitro benzene ring substituents is 2. The number of aromatic nitrogens is 1. The molecule has 3 aliphatic heterocycles. The normalized spacial score (nSPS) is 17.4. The summed E-state index contributed by atoms with van der Waals surface area (Å²) in [5.74, 6) is -1.29. The number of hydrogen-bond donors (Lipinski definition) is 2. The van der Waals surface area contributed by atoms with E-state index >= 15 is 0 Å². The molecule has 3 aromatic rings. The maximum Gasteiger partial charge on any atom is 0.333 e. The SMILES string of the molecule is CC1(C)C(/C=C/C=C/C=C/C=C2/N(CCCCCC(=O)ON3C(=O)CCC3=O)c3ncc(S(=O)(=O)O)cc3C2(C)C)=[N+](Cc2cc([N+](=O)[O-])cc([N+](=O)[O-])c2)c2ccc(SOOO)cc21. The van der Waals surface area contributed by atoms with Gasteiger partial charge in [0.15, 0.2) is 12.3 Å². The second-order valence-electron chi connectivity index (χ2n) is 16.2. The molecule has 0 unspecified atom stereocenters. The number of hydroxylamine groups is 2. The summed E-state index contributed by atoms with van der Waals surface area (Å²) < 4.78 is 40.5. The Morgan fingerprint density at radius 3 is 2.22 bits per heavy atom. The lowest BCUT2D eigenvalue weighted by molar-refractivity contribution is -0.455. The molecular formula is C43H45N6O14S2+. The van der Waals surface area contributed by atoms with Gasteiger partial charge in [0, 0.05) is 82.8 Å². The van der Waals surface area contributed by atoms with Gasteiger partial charge in [-0.1, -0.05) is 55.7 Å². The van der Waals surface area contributed by atoms with Gasteiger partial charge in [-0.3, -0.25) is 34.4 Å². The van der Waals surface area contributed by atoms with Crippen LogP contribution < -0.4 is 4.90 Å². The molecule has 2 amide bonds. The van der Waals surface area contributed by atoms with Crippen molar-refractivity contribution < 1.29 is 61.2 Å². The molecule has 1 aromatic heterocycles. The highest BCUT2D eigenvalue weighted by molar-refractivity contribution is 7.94. The van der Waals surface area contributed by atoms with Crippen LogP contribution in [0.4, 0.5) is 22.9 Å². The number of unbranched alkanes of at least 4 members (excludes halogenated alkanes) is 2. The smallest absolute Gasteiger partial charge is 0.330 e. The minimum atomic E-state index is -4.54. The Hall–Kier alpha value is -6.43. The summed E-state index contributed by atoms with van der Waals surface area (Å²) in [6.07, 6.45) is 15.4. The summed E-state index contributed by atoms with van der Waals surface area (Å²) in [7, 11) is -4.54. The third-order valence-electron chi connectivity index (χ3n) is 11.2. The van der Waals surface area contributed by atoms with E-state index in [0.717, 1.165) is 47.0 Å². The van der Waals surface area contributed by atoms with Gasteiger partial charge in [0.25, 0.3) is 33.3 Å². The second kappa shape index (κ2) is 19.8. The Kier molecular flexibility index (Phi) is 14.6. The summed E-state index contributed by atoms with van der Waals surface area (Å²) in [4.78, 5) is 69.5. The molecule has 1 fully saturated rings. The van der Waals surface area contributed by atoms with E-state index in [1.807, 2.05) is 67.5 Å². The number of anilines is 1. The van der Waals surface area contributed by atoms with Gasteiger partial charge in [0.1, 0.15) is 10.7 Å². The second-order valence-corrected chi connectivity index (χ2v) is 18.4. The quantitative estimate of drug-likeness (QED) is 0.0134. The van der Waals surface area contributed by atoms with E-state index < -0.39 is 60.0 Å². The molecule has 3 aliphatic rings. The average molecular weight is 934 g/mol. The number of non-ortho nitro benzene ring substituents is 2. The molecule has 65 heavy (non-hydrogen) atoms. The molecule has 2 aromatic carbocycles. The number of carbonyl (C=O) groups is 3. The van der Waals surface area contributed by atoms with Gasteiger partial charge in [-0.15, -0.1) is 9.40 Å². The van der Waals surface area contributed by atoms with Crippen LogP contribution >= 0.6 is 12.0 Å².